The fourth-order valence-electron chi connectivity index (χ4n) is 3.26. The molecule has 0 radical (unpaired) electrons. The summed E-state index contributed by atoms with van der Waals surface area (Å²) in [7, 11) is 0. The smallest absolute Gasteiger partial charge is 0.233 e. The van der Waals surface area contributed by atoms with Gasteiger partial charge in [0.2, 0.25) is 17.8 Å². The molecule has 0 saturated carbocycles. The molecule has 0 aliphatic carbocycles. The summed E-state index contributed by atoms with van der Waals surface area (Å²) in [6.07, 6.45) is 6.19. The number of nitrogens with one attached hydrogen (secondary N) is 3. The number of aromatic nitrogens is 3. The topological polar surface area (TPSA) is 74.8 Å². The van der Waals surface area contributed by atoms with Gasteiger partial charge in [0.05, 0.1) is 0 Å². The molecule has 0 aliphatic rings. The molecule has 3 N–H and O–H groups in total. The first-order chi connectivity index (χ1) is 13.5. The van der Waals surface area contributed by atoms with Crippen molar-refractivity contribution in [3.8, 4) is 0 Å². The van der Waals surface area contributed by atoms with Gasteiger partial charge in [-0.05, 0) is 57.2 Å². The quantitative estimate of drug-likeness (QED) is 0.440. The second-order valence-corrected chi connectivity index (χ2v) is 7.56. The molecule has 0 aliphatic heterocycles. The molecule has 0 spiro atoms. The molecule has 2 rings (SSSR count). The summed E-state index contributed by atoms with van der Waals surface area (Å²) in [6, 6.07) is 8.80. The molecule has 1 aromatic heterocycles. The van der Waals surface area contributed by atoms with E-state index in [4.69, 9.17) is 0 Å². The number of rotatable bonds is 12. The van der Waals surface area contributed by atoms with Crippen LogP contribution in [0.4, 0.5) is 23.5 Å². The first kappa shape index (κ1) is 21.9. The second-order valence-electron chi connectivity index (χ2n) is 7.56. The average molecular weight is 385 g/mol. The minimum atomic E-state index is 0.252. The highest BCUT2D eigenvalue weighted by atomic mass is 15.3. The van der Waals surface area contributed by atoms with E-state index in [9.17, 15) is 0 Å². The Morgan fingerprint density at radius 2 is 1.68 bits per heavy atom. The van der Waals surface area contributed by atoms with Crippen LogP contribution in [-0.2, 0) is 6.42 Å². The standard InChI is InChI=1S/C22H36N6/c1-6-10-17(7-2)13-14-18-11-9-12-19(15-18)25-22-27-20(23-8-3)26-21(28-22)24-16(4)5/h9,11-12,15-17H,6-8,10,13-14H2,1-5H3,(H3,23,24,25,26,27,28). The second kappa shape index (κ2) is 11.5. The van der Waals surface area contributed by atoms with Crippen LogP contribution in [0.1, 0.15) is 65.9 Å². The van der Waals surface area contributed by atoms with E-state index in [1.165, 1.54) is 31.2 Å². The molecule has 0 amide bonds. The van der Waals surface area contributed by atoms with Crippen molar-refractivity contribution >= 4 is 23.5 Å². The van der Waals surface area contributed by atoms with Crippen LogP contribution in [0.25, 0.3) is 0 Å². The lowest BCUT2D eigenvalue weighted by atomic mass is 9.93. The maximum atomic E-state index is 4.51. The van der Waals surface area contributed by atoms with Gasteiger partial charge in [0.15, 0.2) is 0 Å². The van der Waals surface area contributed by atoms with Gasteiger partial charge in [0.1, 0.15) is 0 Å². The molecule has 2 aromatic rings. The number of anilines is 4. The van der Waals surface area contributed by atoms with Crippen LogP contribution < -0.4 is 16.0 Å². The third-order valence-electron chi connectivity index (χ3n) is 4.69. The maximum absolute atomic E-state index is 4.51. The van der Waals surface area contributed by atoms with Crippen molar-refractivity contribution < 1.29 is 0 Å². The molecule has 1 atom stereocenters. The van der Waals surface area contributed by atoms with Crippen molar-refractivity contribution in [1.82, 2.24) is 15.0 Å². The first-order valence-electron chi connectivity index (χ1n) is 10.7. The van der Waals surface area contributed by atoms with E-state index in [-0.39, 0.29) is 6.04 Å². The molecular weight excluding hydrogens is 348 g/mol. The predicted octanol–water partition coefficient (Wildman–Crippen LogP) is 5.63. The van der Waals surface area contributed by atoms with Gasteiger partial charge >= 0.3 is 0 Å². The molecule has 154 valence electrons. The molecule has 0 fully saturated rings. The molecule has 1 unspecified atom stereocenters. The van der Waals surface area contributed by atoms with Crippen molar-refractivity contribution in [2.75, 3.05) is 22.5 Å². The Balaban J connectivity index is 2.10. The SMILES string of the molecule is CCCC(CC)CCc1cccc(Nc2nc(NCC)nc(NC(C)C)n2)c1. The van der Waals surface area contributed by atoms with E-state index >= 15 is 0 Å². The summed E-state index contributed by atoms with van der Waals surface area (Å²) in [4.78, 5) is 13.4. The van der Waals surface area contributed by atoms with Crippen molar-refractivity contribution in [2.24, 2.45) is 5.92 Å². The zero-order valence-corrected chi connectivity index (χ0v) is 18.0. The van der Waals surface area contributed by atoms with E-state index in [0.717, 1.165) is 24.6 Å². The van der Waals surface area contributed by atoms with E-state index in [1.807, 2.05) is 6.92 Å². The highest BCUT2D eigenvalue weighted by molar-refractivity contribution is 5.56. The van der Waals surface area contributed by atoms with Crippen molar-refractivity contribution in [2.45, 2.75) is 72.8 Å². The monoisotopic (exact) mass is 384 g/mol. The normalized spacial score (nSPS) is 12.1. The van der Waals surface area contributed by atoms with Crippen LogP contribution in [-0.4, -0.2) is 27.5 Å². The van der Waals surface area contributed by atoms with Gasteiger partial charge in [-0.1, -0.05) is 45.2 Å². The van der Waals surface area contributed by atoms with Gasteiger partial charge < -0.3 is 16.0 Å². The Hall–Kier alpha value is -2.37. The third-order valence-corrected chi connectivity index (χ3v) is 4.69. The molecule has 28 heavy (non-hydrogen) atoms. The fourth-order valence-corrected chi connectivity index (χ4v) is 3.26. The summed E-state index contributed by atoms with van der Waals surface area (Å²) in [5.41, 5.74) is 2.35. The maximum Gasteiger partial charge on any atom is 0.233 e. The van der Waals surface area contributed by atoms with Crippen LogP contribution in [0.5, 0.6) is 0 Å². The van der Waals surface area contributed by atoms with Gasteiger partial charge in [-0.3, -0.25) is 0 Å². The van der Waals surface area contributed by atoms with Crippen LogP contribution >= 0.6 is 0 Å². The predicted molar refractivity (Wildman–Crippen MR) is 119 cm³/mol. The average Bonchev–Trinajstić information content (AvgIpc) is 2.65. The van der Waals surface area contributed by atoms with E-state index in [2.05, 4.69) is 82.9 Å². The summed E-state index contributed by atoms with van der Waals surface area (Å²) in [5, 5.41) is 9.76. The lowest BCUT2D eigenvalue weighted by Crippen LogP contribution is -2.15. The highest BCUT2D eigenvalue weighted by Gasteiger charge is 2.09. The Morgan fingerprint density at radius 1 is 0.929 bits per heavy atom. The minimum absolute atomic E-state index is 0.252. The zero-order chi connectivity index (χ0) is 20.4. The number of benzene rings is 1. The van der Waals surface area contributed by atoms with E-state index in [1.54, 1.807) is 0 Å². The summed E-state index contributed by atoms with van der Waals surface area (Å²) >= 11 is 0. The minimum Gasteiger partial charge on any atom is -0.354 e. The Labute approximate surface area is 170 Å². The van der Waals surface area contributed by atoms with Crippen LogP contribution in [0, 0.1) is 5.92 Å². The molecule has 6 heteroatoms. The van der Waals surface area contributed by atoms with Gasteiger partial charge in [-0.2, -0.15) is 15.0 Å². The lowest BCUT2D eigenvalue weighted by Gasteiger charge is -2.14. The largest absolute Gasteiger partial charge is 0.354 e. The molecule has 0 bridgehead atoms. The van der Waals surface area contributed by atoms with Crippen molar-refractivity contribution in [3.05, 3.63) is 29.8 Å². The van der Waals surface area contributed by atoms with Crippen molar-refractivity contribution in [1.29, 1.82) is 0 Å². The first-order valence-corrected chi connectivity index (χ1v) is 10.7. The third kappa shape index (κ3) is 7.33. The lowest BCUT2D eigenvalue weighted by molar-refractivity contribution is 0.432. The van der Waals surface area contributed by atoms with Gasteiger partial charge in [-0.25, -0.2) is 0 Å². The van der Waals surface area contributed by atoms with E-state index in [0.29, 0.717) is 17.8 Å². The van der Waals surface area contributed by atoms with Gasteiger partial charge in [-0.15, -0.1) is 0 Å². The Kier molecular flexibility index (Phi) is 8.98. The zero-order valence-electron chi connectivity index (χ0n) is 18.0. The van der Waals surface area contributed by atoms with Gasteiger partial charge in [0, 0.05) is 18.3 Å². The molecule has 6 nitrogen and oxygen atoms in total. The van der Waals surface area contributed by atoms with Crippen LogP contribution in [0.2, 0.25) is 0 Å². The number of aryl methyl sites for hydroxylation is 1. The van der Waals surface area contributed by atoms with Gasteiger partial charge in [0.25, 0.3) is 0 Å². The summed E-state index contributed by atoms with van der Waals surface area (Å²) in [6.45, 7) is 11.5. The number of nitrogens with zero attached hydrogens (tertiary/aromatic N) is 3. The molecular formula is C22H36N6. The number of hydrogen-bond acceptors (Lipinski definition) is 6. The van der Waals surface area contributed by atoms with Crippen LogP contribution in [0.3, 0.4) is 0 Å². The highest BCUT2D eigenvalue weighted by Crippen LogP contribution is 2.21. The Morgan fingerprint density at radius 3 is 2.36 bits per heavy atom. The van der Waals surface area contributed by atoms with Crippen molar-refractivity contribution in [3.63, 3.8) is 0 Å². The molecule has 0 saturated heterocycles. The molecule has 1 heterocycles. The summed E-state index contributed by atoms with van der Waals surface area (Å²) in [5.74, 6) is 2.51. The number of hydrogen-bond donors (Lipinski definition) is 3. The molecule has 1 aromatic carbocycles. The van der Waals surface area contributed by atoms with E-state index < -0.39 is 0 Å². The fraction of sp³-hybridized carbons (Fsp3) is 0.591. The van der Waals surface area contributed by atoms with Crippen LogP contribution in [0.15, 0.2) is 24.3 Å². The summed E-state index contributed by atoms with van der Waals surface area (Å²) < 4.78 is 0. The Bertz CT molecular complexity index is 716.